The van der Waals surface area contributed by atoms with Crippen molar-refractivity contribution in [2.45, 2.75) is 33.1 Å². The zero-order chi connectivity index (χ0) is 17.8. The van der Waals surface area contributed by atoms with Gasteiger partial charge in [0.15, 0.2) is 11.5 Å². The fraction of sp³-hybridized carbons (Fsp3) is 0.500. The molecule has 1 aliphatic heterocycles. The van der Waals surface area contributed by atoms with Crippen LogP contribution in [0.3, 0.4) is 0 Å². The number of rotatable bonds is 6. The smallest absolute Gasteiger partial charge is 0.358 e. The zero-order valence-electron chi connectivity index (χ0n) is 14.7. The highest BCUT2D eigenvalue weighted by Gasteiger charge is 2.17. The highest BCUT2D eigenvalue weighted by molar-refractivity contribution is 6.33. The molecule has 0 aliphatic carbocycles. The molecule has 0 saturated carbocycles. The predicted octanol–water partition coefficient (Wildman–Crippen LogP) is 3.18. The molecule has 25 heavy (non-hydrogen) atoms. The molecule has 0 bridgehead atoms. The van der Waals surface area contributed by atoms with E-state index < -0.39 is 5.97 Å². The number of esters is 1. The molecule has 0 radical (unpaired) electrons. The number of nitrogens with zero attached hydrogens (tertiary/aromatic N) is 4. The van der Waals surface area contributed by atoms with Crippen molar-refractivity contribution in [1.29, 1.82) is 0 Å². The Morgan fingerprint density at radius 3 is 2.72 bits per heavy atom. The molecule has 1 fully saturated rings. The average Bonchev–Trinajstić information content (AvgIpc) is 3.21. The number of likely N-dealkylation sites (tertiary alicyclic amines) is 1. The van der Waals surface area contributed by atoms with Gasteiger partial charge in [0.2, 0.25) is 0 Å². The van der Waals surface area contributed by atoms with E-state index in [1.165, 1.54) is 12.8 Å². The van der Waals surface area contributed by atoms with E-state index in [4.69, 9.17) is 16.3 Å². The van der Waals surface area contributed by atoms with E-state index in [1.54, 1.807) is 16.8 Å². The largest absolute Gasteiger partial charge is 0.461 e. The highest BCUT2D eigenvalue weighted by Crippen LogP contribution is 2.18. The van der Waals surface area contributed by atoms with Gasteiger partial charge in [-0.05, 0) is 64.4 Å². The Kier molecular flexibility index (Phi) is 5.71. The number of hydrogen-bond donors (Lipinski definition) is 0. The van der Waals surface area contributed by atoms with Crippen LogP contribution < -0.4 is 0 Å². The lowest BCUT2D eigenvalue weighted by Crippen LogP contribution is -2.22. The monoisotopic (exact) mass is 362 g/mol. The van der Waals surface area contributed by atoms with Crippen molar-refractivity contribution in [3.8, 4) is 5.82 Å². The molecule has 0 amide bonds. The number of carbonyl (C=O) groups excluding carboxylic acids is 1. The maximum absolute atomic E-state index is 12.3. The topological polar surface area (TPSA) is 60.2 Å². The van der Waals surface area contributed by atoms with Crippen molar-refractivity contribution < 1.29 is 9.53 Å². The van der Waals surface area contributed by atoms with E-state index in [9.17, 15) is 4.79 Å². The normalized spacial score (nSPS) is 14.8. The van der Waals surface area contributed by atoms with Crippen LogP contribution in [0.4, 0.5) is 0 Å². The SMILES string of the molecule is Cc1cc(C)n(-c2ccc(Cl)c(C(=O)OCCCN3CCCC3)n2)n1. The first-order valence-corrected chi connectivity index (χ1v) is 9.02. The lowest BCUT2D eigenvalue weighted by molar-refractivity contribution is 0.0484. The minimum Gasteiger partial charge on any atom is -0.461 e. The van der Waals surface area contributed by atoms with Crippen molar-refractivity contribution in [3.63, 3.8) is 0 Å². The first-order chi connectivity index (χ1) is 12.0. The molecule has 1 aliphatic rings. The van der Waals surface area contributed by atoms with Gasteiger partial charge in [-0.15, -0.1) is 0 Å². The first-order valence-electron chi connectivity index (χ1n) is 8.64. The summed E-state index contributed by atoms with van der Waals surface area (Å²) >= 11 is 6.14. The second-order valence-electron chi connectivity index (χ2n) is 6.38. The van der Waals surface area contributed by atoms with Crippen LogP contribution >= 0.6 is 11.6 Å². The van der Waals surface area contributed by atoms with Crippen molar-refractivity contribution in [1.82, 2.24) is 19.7 Å². The quantitative estimate of drug-likeness (QED) is 0.583. The fourth-order valence-corrected chi connectivity index (χ4v) is 3.26. The third-order valence-corrected chi connectivity index (χ3v) is 4.61. The van der Waals surface area contributed by atoms with Gasteiger partial charge in [-0.1, -0.05) is 11.6 Å². The Hall–Kier alpha value is -1.92. The molecular weight excluding hydrogens is 340 g/mol. The molecule has 6 nitrogen and oxygen atoms in total. The van der Waals surface area contributed by atoms with E-state index in [-0.39, 0.29) is 10.7 Å². The number of ether oxygens (including phenoxy) is 1. The standard InChI is InChI=1S/C18H23ClN4O2/c1-13-12-14(2)23(21-13)16-7-6-15(19)17(20-16)18(24)25-11-5-10-22-8-3-4-9-22/h6-7,12H,3-5,8-11H2,1-2H3. The fourth-order valence-electron chi connectivity index (χ4n) is 3.08. The Bertz CT molecular complexity index is 754. The molecule has 2 aromatic heterocycles. The summed E-state index contributed by atoms with van der Waals surface area (Å²) in [6.45, 7) is 7.47. The number of aromatic nitrogens is 3. The minimum atomic E-state index is -0.491. The summed E-state index contributed by atoms with van der Waals surface area (Å²) in [7, 11) is 0. The molecule has 2 aromatic rings. The van der Waals surface area contributed by atoms with E-state index in [0.29, 0.717) is 12.4 Å². The third-order valence-electron chi connectivity index (χ3n) is 4.30. The minimum absolute atomic E-state index is 0.132. The van der Waals surface area contributed by atoms with Crippen LogP contribution in [0.5, 0.6) is 0 Å². The Morgan fingerprint density at radius 1 is 1.28 bits per heavy atom. The van der Waals surface area contributed by atoms with Crippen molar-refractivity contribution in [2.24, 2.45) is 0 Å². The molecule has 7 heteroatoms. The van der Waals surface area contributed by atoms with E-state index >= 15 is 0 Å². The van der Waals surface area contributed by atoms with Gasteiger partial charge in [0.25, 0.3) is 0 Å². The number of halogens is 1. The van der Waals surface area contributed by atoms with Gasteiger partial charge in [-0.2, -0.15) is 5.10 Å². The first kappa shape index (κ1) is 17.9. The zero-order valence-corrected chi connectivity index (χ0v) is 15.4. The van der Waals surface area contributed by atoms with Crippen LogP contribution in [0, 0.1) is 13.8 Å². The maximum atomic E-state index is 12.3. The molecule has 0 N–H and O–H groups in total. The second kappa shape index (κ2) is 7.97. The van der Waals surface area contributed by atoms with Crippen LogP contribution in [0.25, 0.3) is 5.82 Å². The lowest BCUT2D eigenvalue weighted by atomic mass is 10.3. The van der Waals surface area contributed by atoms with Gasteiger partial charge < -0.3 is 9.64 Å². The van der Waals surface area contributed by atoms with Crippen LogP contribution in [0.2, 0.25) is 5.02 Å². The summed E-state index contributed by atoms with van der Waals surface area (Å²) in [6.07, 6.45) is 3.34. The number of aryl methyl sites for hydroxylation is 2. The molecule has 134 valence electrons. The summed E-state index contributed by atoms with van der Waals surface area (Å²) in [6, 6.07) is 5.35. The van der Waals surface area contributed by atoms with Crippen LogP contribution in [-0.4, -0.2) is 51.9 Å². The maximum Gasteiger partial charge on any atom is 0.358 e. The molecule has 0 spiro atoms. The molecule has 3 rings (SSSR count). The Labute approximate surface area is 152 Å². The van der Waals surface area contributed by atoms with Crippen LogP contribution in [0.1, 0.15) is 41.1 Å². The van der Waals surface area contributed by atoms with Gasteiger partial charge in [0.05, 0.1) is 17.3 Å². The second-order valence-corrected chi connectivity index (χ2v) is 6.78. The summed E-state index contributed by atoms with van der Waals surface area (Å²) in [5.74, 6) is 0.0637. The molecule has 3 heterocycles. The van der Waals surface area contributed by atoms with Gasteiger partial charge in [-0.3, -0.25) is 0 Å². The molecule has 0 aromatic carbocycles. The van der Waals surface area contributed by atoms with Gasteiger partial charge >= 0.3 is 5.97 Å². The summed E-state index contributed by atoms with van der Waals surface area (Å²) < 4.78 is 7.04. The Morgan fingerprint density at radius 2 is 2.04 bits per heavy atom. The molecule has 0 unspecified atom stereocenters. The molecule has 0 atom stereocenters. The van der Waals surface area contributed by atoms with Crippen LogP contribution in [-0.2, 0) is 4.74 Å². The van der Waals surface area contributed by atoms with Gasteiger partial charge in [0, 0.05) is 12.2 Å². The number of carbonyl (C=O) groups is 1. The number of pyridine rings is 1. The molecule has 1 saturated heterocycles. The summed E-state index contributed by atoms with van der Waals surface area (Å²) in [4.78, 5) is 19.1. The molecular formula is C18H23ClN4O2. The summed E-state index contributed by atoms with van der Waals surface area (Å²) in [5.41, 5.74) is 1.96. The van der Waals surface area contributed by atoms with Crippen molar-refractivity contribution in [2.75, 3.05) is 26.2 Å². The third kappa shape index (κ3) is 4.38. The average molecular weight is 363 g/mol. The highest BCUT2D eigenvalue weighted by atomic mass is 35.5. The lowest BCUT2D eigenvalue weighted by Gasteiger charge is -2.14. The Balaban J connectivity index is 1.63. The van der Waals surface area contributed by atoms with E-state index in [0.717, 1.165) is 37.4 Å². The predicted molar refractivity (Wildman–Crippen MR) is 96.4 cm³/mol. The number of hydrogen-bond acceptors (Lipinski definition) is 5. The van der Waals surface area contributed by atoms with E-state index in [1.807, 2.05) is 19.9 Å². The van der Waals surface area contributed by atoms with Crippen molar-refractivity contribution >= 4 is 17.6 Å². The summed E-state index contributed by atoms with van der Waals surface area (Å²) in [5, 5.41) is 4.67. The van der Waals surface area contributed by atoms with Crippen molar-refractivity contribution in [3.05, 3.63) is 40.3 Å². The van der Waals surface area contributed by atoms with E-state index in [2.05, 4.69) is 15.0 Å². The van der Waals surface area contributed by atoms with Gasteiger partial charge in [0.1, 0.15) is 0 Å². The van der Waals surface area contributed by atoms with Gasteiger partial charge in [-0.25, -0.2) is 14.5 Å². The van der Waals surface area contributed by atoms with Crippen LogP contribution in [0.15, 0.2) is 18.2 Å².